The van der Waals surface area contributed by atoms with E-state index in [4.69, 9.17) is 4.74 Å². The highest BCUT2D eigenvalue weighted by Gasteiger charge is 2.36. The molecular formula is C13H18N4O3S. The van der Waals surface area contributed by atoms with Crippen molar-refractivity contribution in [3.8, 4) is 16.5 Å². The maximum Gasteiger partial charge on any atom is 0.311 e. The first-order valence-electron chi connectivity index (χ1n) is 6.68. The summed E-state index contributed by atoms with van der Waals surface area (Å²) >= 11 is 1.46. The molecule has 0 atom stereocenters. The normalized spacial score (nSPS) is 11.6. The van der Waals surface area contributed by atoms with E-state index in [1.165, 1.54) is 11.3 Å². The van der Waals surface area contributed by atoms with E-state index < -0.39 is 11.4 Å². The predicted molar refractivity (Wildman–Crippen MR) is 78.3 cm³/mol. The zero-order valence-electron chi connectivity index (χ0n) is 12.2. The Labute approximate surface area is 126 Å². The largest absolute Gasteiger partial charge is 0.496 e. The van der Waals surface area contributed by atoms with Gasteiger partial charge in [0.05, 0.1) is 23.9 Å². The highest BCUT2D eigenvalue weighted by molar-refractivity contribution is 7.13. The first kappa shape index (κ1) is 15.4. The van der Waals surface area contributed by atoms with Crippen LogP contribution in [0.5, 0.6) is 5.75 Å². The van der Waals surface area contributed by atoms with Gasteiger partial charge in [-0.05, 0) is 23.3 Å². The van der Waals surface area contributed by atoms with E-state index in [0.717, 1.165) is 10.6 Å². The molecule has 0 aliphatic heterocycles. The van der Waals surface area contributed by atoms with Gasteiger partial charge in [0.25, 0.3) is 0 Å². The lowest BCUT2D eigenvalue weighted by atomic mass is 9.82. The third kappa shape index (κ3) is 2.90. The molecule has 2 rings (SSSR count). The average Bonchev–Trinajstić information content (AvgIpc) is 3.12. The van der Waals surface area contributed by atoms with Gasteiger partial charge in [0.1, 0.15) is 5.75 Å². The number of thiophene rings is 1. The van der Waals surface area contributed by atoms with Crippen LogP contribution < -0.4 is 4.74 Å². The third-order valence-corrected chi connectivity index (χ3v) is 4.73. The van der Waals surface area contributed by atoms with Crippen LogP contribution in [0.1, 0.15) is 26.7 Å². The van der Waals surface area contributed by atoms with E-state index >= 15 is 0 Å². The highest BCUT2D eigenvalue weighted by atomic mass is 32.1. The smallest absolute Gasteiger partial charge is 0.311 e. The average molecular weight is 310 g/mol. The number of hydrogen-bond donors (Lipinski definition) is 1. The maximum atomic E-state index is 11.6. The lowest BCUT2D eigenvalue weighted by Gasteiger charge is -2.26. The molecule has 0 unspecified atom stereocenters. The van der Waals surface area contributed by atoms with Gasteiger partial charge in [0.15, 0.2) is 5.82 Å². The second kappa shape index (κ2) is 6.21. The summed E-state index contributed by atoms with van der Waals surface area (Å²) in [5.74, 6) is 0.480. The molecule has 0 saturated carbocycles. The van der Waals surface area contributed by atoms with E-state index in [9.17, 15) is 9.90 Å². The molecular weight excluding hydrogens is 292 g/mol. The molecule has 0 aliphatic rings. The zero-order valence-corrected chi connectivity index (χ0v) is 13.1. The SMILES string of the molecule is CCC(CC)(Cn1nnnc1-c1cc(OC)cs1)C(=O)O. The van der Waals surface area contributed by atoms with Crippen molar-refractivity contribution in [1.82, 2.24) is 20.2 Å². The lowest BCUT2D eigenvalue weighted by Crippen LogP contribution is -2.35. The Bertz CT molecular complexity index is 618. The van der Waals surface area contributed by atoms with Crippen LogP contribution in [0.2, 0.25) is 0 Å². The maximum absolute atomic E-state index is 11.6. The van der Waals surface area contributed by atoms with Gasteiger partial charge in [-0.15, -0.1) is 16.4 Å². The van der Waals surface area contributed by atoms with E-state index in [-0.39, 0.29) is 6.54 Å². The topological polar surface area (TPSA) is 90.1 Å². The molecule has 0 aromatic carbocycles. The van der Waals surface area contributed by atoms with Crippen LogP contribution in [0.15, 0.2) is 11.4 Å². The van der Waals surface area contributed by atoms with Crippen LogP contribution in [0, 0.1) is 5.41 Å². The van der Waals surface area contributed by atoms with Gasteiger partial charge in [-0.1, -0.05) is 13.8 Å². The number of carboxylic acids is 1. The number of aromatic nitrogens is 4. The Morgan fingerprint density at radius 2 is 2.19 bits per heavy atom. The third-order valence-electron chi connectivity index (χ3n) is 3.82. The van der Waals surface area contributed by atoms with Gasteiger partial charge < -0.3 is 9.84 Å². The minimum Gasteiger partial charge on any atom is -0.496 e. The standard InChI is InChI=1S/C13H18N4O3S/c1-4-13(5-2,12(18)19)8-17-11(14-15-16-17)10-6-9(20-3)7-21-10/h6-7H,4-5,8H2,1-3H3,(H,18,19). The lowest BCUT2D eigenvalue weighted by molar-refractivity contribution is -0.150. The molecule has 0 saturated heterocycles. The van der Waals surface area contributed by atoms with E-state index in [1.807, 2.05) is 25.3 Å². The summed E-state index contributed by atoms with van der Waals surface area (Å²) in [4.78, 5) is 12.5. The van der Waals surface area contributed by atoms with Gasteiger partial charge in [-0.25, -0.2) is 4.68 Å². The van der Waals surface area contributed by atoms with Gasteiger partial charge in [0.2, 0.25) is 0 Å². The van der Waals surface area contributed by atoms with Gasteiger partial charge >= 0.3 is 5.97 Å². The summed E-state index contributed by atoms with van der Waals surface area (Å²) < 4.78 is 6.71. The molecule has 7 nitrogen and oxygen atoms in total. The molecule has 2 aromatic rings. The van der Waals surface area contributed by atoms with Crippen molar-refractivity contribution in [2.45, 2.75) is 33.2 Å². The molecule has 2 aromatic heterocycles. The van der Waals surface area contributed by atoms with Crippen molar-refractivity contribution in [3.63, 3.8) is 0 Å². The van der Waals surface area contributed by atoms with Crippen LogP contribution in [0.3, 0.4) is 0 Å². The molecule has 2 heterocycles. The summed E-state index contributed by atoms with van der Waals surface area (Å²) in [7, 11) is 1.60. The van der Waals surface area contributed by atoms with Crippen LogP contribution in [-0.4, -0.2) is 38.4 Å². The van der Waals surface area contributed by atoms with Crippen molar-refractivity contribution in [3.05, 3.63) is 11.4 Å². The fourth-order valence-corrected chi connectivity index (χ4v) is 3.00. The van der Waals surface area contributed by atoms with E-state index in [0.29, 0.717) is 18.7 Å². The van der Waals surface area contributed by atoms with Crippen LogP contribution in [0.25, 0.3) is 10.7 Å². The fraction of sp³-hybridized carbons (Fsp3) is 0.538. The number of ether oxygens (including phenoxy) is 1. The van der Waals surface area contributed by atoms with Crippen molar-refractivity contribution < 1.29 is 14.6 Å². The Kier molecular flexibility index (Phi) is 4.56. The number of hydrogen-bond acceptors (Lipinski definition) is 6. The molecule has 114 valence electrons. The Morgan fingerprint density at radius 1 is 1.48 bits per heavy atom. The first-order chi connectivity index (χ1) is 10.1. The first-order valence-corrected chi connectivity index (χ1v) is 7.56. The Morgan fingerprint density at radius 3 is 2.71 bits per heavy atom. The zero-order chi connectivity index (χ0) is 15.5. The van der Waals surface area contributed by atoms with Gasteiger partial charge in [0, 0.05) is 11.4 Å². The summed E-state index contributed by atoms with van der Waals surface area (Å²) in [6.45, 7) is 3.99. The number of methoxy groups -OCH3 is 1. The summed E-state index contributed by atoms with van der Waals surface area (Å²) in [5.41, 5.74) is -0.856. The fourth-order valence-electron chi connectivity index (χ4n) is 2.16. The summed E-state index contributed by atoms with van der Waals surface area (Å²) in [6.07, 6.45) is 1.04. The number of aliphatic carboxylic acids is 1. The second-order valence-electron chi connectivity index (χ2n) is 4.80. The quantitative estimate of drug-likeness (QED) is 0.844. The second-order valence-corrected chi connectivity index (χ2v) is 5.71. The van der Waals surface area contributed by atoms with Crippen LogP contribution >= 0.6 is 11.3 Å². The highest BCUT2D eigenvalue weighted by Crippen LogP contribution is 2.33. The molecule has 8 heteroatoms. The molecule has 0 amide bonds. The molecule has 0 spiro atoms. The summed E-state index contributed by atoms with van der Waals surface area (Å²) in [6, 6.07) is 1.84. The van der Waals surface area contributed by atoms with Gasteiger partial charge in [-0.3, -0.25) is 4.79 Å². The van der Waals surface area contributed by atoms with Crippen molar-refractivity contribution in [2.75, 3.05) is 7.11 Å². The van der Waals surface area contributed by atoms with Crippen LogP contribution in [-0.2, 0) is 11.3 Å². The number of carboxylic acid groups (broad SMARTS) is 1. The molecule has 0 bridgehead atoms. The number of rotatable bonds is 7. The summed E-state index contributed by atoms with van der Waals surface area (Å²) in [5, 5.41) is 23.0. The molecule has 0 aliphatic carbocycles. The predicted octanol–water partition coefficient (Wildman–Crippen LogP) is 2.30. The van der Waals surface area contributed by atoms with Crippen molar-refractivity contribution in [1.29, 1.82) is 0 Å². The van der Waals surface area contributed by atoms with Crippen LogP contribution in [0.4, 0.5) is 0 Å². The minimum absolute atomic E-state index is 0.248. The van der Waals surface area contributed by atoms with E-state index in [2.05, 4.69) is 15.5 Å². The van der Waals surface area contributed by atoms with Crippen molar-refractivity contribution in [2.24, 2.45) is 5.41 Å². The minimum atomic E-state index is -0.856. The van der Waals surface area contributed by atoms with Crippen molar-refractivity contribution >= 4 is 17.3 Å². The van der Waals surface area contributed by atoms with E-state index in [1.54, 1.807) is 11.8 Å². The number of tetrazole rings is 1. The molecule has 21 heavy (non-hydrogen) atoms. The molecule has 0 fully saturated rings. The Hall–Kier alpha value is -1.96. The Balaban J connectivity index is 2.34. The van der Waals surface area contributed by atoms with Gasteiger partial charge in [-0.2, -0.15) is 0 Å². The molecule has 1 N–H and O–H groups in total. The monoisotopic (exact) mass is 310 g/mol. The number of nitrogens with zero attached hydrogens (tertiary/aromatic N) is 4. The molecule has 0 radical (unpaired) electrons. The number of carbonyl (C=O) groups is 1.